The Hall–Kier alpha value is -4.05. The van der Waals surface area contributed by atoms with Gasteiger partial charge in [-0.3, -0.25) is 0 Å². The molecule has 2 aromatic heterocycles. The summed E-state index contributed by atoms with van der Waals surface area (Å²) in [6, 6.07) is 32.6. The van der Waals surface area contributed by atoms with Crippen LogP contribution in [0.25, 0.3) is 22.3 Å². The van der Waals surface area contributed by atoms with Crippen LogP contribution in [0.2, 0.25) is 0 Å². The van der Waals surface area contributed by atoms with E-state index in [4.69, 9.17) is 4.74 Å². The van der Waals surface area contributed by atoms with Crippen LogP contribution in [-0.4, -0.2) is 9.97 Å². The van der Waals surface area contributed by atoms with Crippen molar-refractivity contribution in [2.24, 2.45) is 0 Å². The molecule has 0 unspecified atom stereocenters. The van der Waals surface area contributed by atoms with E-state index >= 15 is 0 Å². The Morgan fingerprint density at radius 1 is 0.800 bits per heavy atom. The Labute approximate surface area is 175 Å². The summed E-state index contributed by atoms with van der Waals surface area (Å²) < 4.78 is 5.88. The maximum atomic E-state index is 5.88. The Bertz CT molecular complexity index is 1250. The minimum absolute atomic E-state index is 0.560. The first-order valence-electron chi connectivity index (χ1n) is 9.92. The number of aromatic amines is 1. The third-order valence-electron chi connectivity index (χ3n) is 5.00. The van der Waals surface area contributed by atoms with Crippen molar-refractivity contribution in [1.29, 1.82) is 0 Å². The highest BCUT2D eigenvalue weighted by atomic mass is 16.5. The van der Waals surface area contributed by atoms with Gasteiger partial charge in [0.25, 0.3) is 0 Å². The zero-order chi connectivity index (χ0) is 20.2. The van der Waals surface area contributed by atoms with Gasteiger partial charge < -0.3 is 15.0 Å². The smallest absolute Gasteiger partial charge is 0.139 e. The number of fused-ring (bicyclic) bond motifs is 1. The molecule has 3 aromatic carbocycles. The van der Waals surface area contributed by atoms with Crippen molar-refractivity contribution in [2.75, 3.05) is 5.32 Å². The normalized spacial score (nSPS) is 10.8. The van der Waals surface area contributed by atoms with Crippen molar-refractivity contribution in [2.45, 2.75) is 6.61 Å². The monoisotopic (exact) mass is 391 g/mol. The van der Waals surface area contributed by atoms with E-state index in [9.17, 15) is 0 Å². The van der Waals surface area contributed by atoms with Crippen LogP contribution in [0.3, 0.4) is 0 Å². The molecule has 4 heteroatoms. The van der Waals surface area contributed by atoms with Crippen LogP contribution in [0.4, 0.5) is 11.4 Å². The fourth-order valence-electron chi connectivity index (χ4n) is 3.44. The molecule has 0 amide bonds. The lowest BCUT2D eigenvalue weighted by Crippen LogP contribution is -1.95. The summed E-state index contributed by atoms with van der Waals surface area (Å²) >= 11 is 0. The lowest BCUT2D eigenvalue weighted by molar-refractivity contribution is 0.306. The summed E-state index contributed by atoms with van der Waals surface area (Å²) in [5.41, 5.74) is 6.22. The molecule has 5 rings (SSSR count). The second kappa shape index (κ2) is 8.13. The summed E-state index contributed by atoms with van der Waals surface area (Å²) in [4.78, 5) is 7.89. The molecule has 2 heterocycles. The standard InChI is InChI=1S/C26H21N3O/c1-3-7-19(8-4-1)18-30-22-13-11-21(12-14-22)28-24-15-16-27-26-23(24)17-25(29-26)20-9-5-2-6-10-20/h1-17H,18H2,(H2,27,28,29). The van der Waals surface area contributed by atoms with Gasteiger partial charge in [-0.2, -0.15) is 0 Å². The first kappa shape index (κ1) is 18.0. The van der Waals surface area contributed by atoms with Crippen molar-refractivity contribution in [3.8, 4) is 17.0 Å². The summed E-state index contributed by atoms with van der Waals surface area (Å²) in [5.74, 6) is 0.845. The fraction of sp³-hybridized carbons (Fsp3) is 0.0385. The highest BCUT2D eigenvalue weighted by molar-refractivity contribution is 5.94. The molecule has 30 heavy (non-hydrogen) atoms. The second-order valence-electron chi connectivity index (χ2n) is 7.09. The SMILES string of the molecule is c1ccc(COc2ccc(Nc3ccnc4[nH]c(-c5ccccc5)cc34)cc2)cc1. The topological polar surface area (TPSA) is 49.9 Å². The zero-order valence-corrected chi connectivity index (χ0v) is 16.4. The number of benzene rings is 3. The molecule has 146 valence electrons. The third kappa shape index (κ3) is 3.89. The molecule has 0 atom stereocenters. The first-order chi connectivity index (χ1) is 14.8. The van der Waals surface area contributed by atoms with Crippen LogP contribution in [0, 0.1) is 0 Å². The lowest BCUT2D eigenvalue weighted by atomic mass is 10.1. The van der Waals surface area contributed by atoms with Gasteiger partial charge in [0.15, 0.2) is 0 Å². The molecule has 4 nitrogen and oxygen atoms in total. The largest absolute Gasteiger partial charge is 0.489 e. The van der Waals surface area contributed by atoms with Crippen LogP contribution in [0.5, 0.6) is 5.75 Å². The van der Waals surface area contributed by atoms with Gasteiger partial charge >= 0.3 is 0 Å². The quantitative estimate of drug-likeness (QED) is 0.345. The van der Waals surface area contributed by atoms with Gasteiger partial charge in [0.1, 0.15) is 18.0 Å². The van der Waals surface area contributed by atoms with Crippen LogP contribution in [-0.2, 0) is 6.61 Å². The van der Waals surface area contributed by atoms with E-state index in [0.717, 1.165) is 45.0 Å². The first-order valence-corrected chi connectivity index (χ1v) is 9.92. The van der Waals surface area contributed by atoms with E-state index in [1.165, 1.54) is 0 Å². The van der Waals surface area contributed by atoms with Crippen molar-refractivity contribution < 1.29 is 4.74 Å². The number of nitrogens with one attached hydrogen (secondary N) is 2. The van der Waals surface area contributed by atoms with Gasteiger partial charge in [-0.15, -0.1) is 0 Å². The highest BCUT2D eigenvalue weighted by Gasteiger charge is 2.08. The molecule has 0 spiro atoms. The summed E-state index contributed by atoms with van der Waals surface area (Å²) in [6.45, 7) is 0.560. The Balaban J connectivity index is 1.33. The maximum Gasteiger partial charge on any atom is 0.139 e. The number of ether oxygens (including phenoxy) is 1. The Morgan fingerprint density at radius 2 is 1.53 bits per heavy atom. The van der Waals surface area contributed by atoms with Gasteiger partial charge in [-0.1, -0.05) is 60.7 Å². The number of anilines is 2. The van der Waals surface area contributed by atoms with Crippen molar-refractivity contribution in [3.05, 3.63) is 109 Å². The second-order valence-corrected chi connectivity index (χ2v) is 7.09. The number of hydrogen-bond acceptors (Lipinski definition) is 3. The highest BCUT2D eigenvalue weighted by Crippen LogP contribution is 2.30. The molecular formula is C26H21N3O. The molecule has 0 radical (unpaired) electrons. The molecule has 0 saturated carbocycles. The molecule has 5 aromatic rings. The van der Waals surface area contributed by atoms with E-state index < -0.39 is 0 Å². The minimum Gasteiger partial charge on any atom is -0.489 e. The average Bonchev–Trinajstić information content (AvgIpc) is 3.26. The van der Waals surface area contributed by atoms with Gasteiger partial charge in [0.05, 0.1) is 5.69 Å². The summed E-state index contributed by atoms with van der Waals surface area (Å²) in [6.07, 6.45) is 1.81. The van der Waals surface area contributed by atoms with Crippen LogP contribution in [0.15, 0.2) is 103 Å². The zero-order valence-electron chi connectivity index (χ0n) is 16.4. The molecule has 0 saturated heterocycles. The van der Waals surface area contributed by atoms with E-state index in [1.807, 2.05) is 72.9 Å². The van der Waals surface area contributed by atoms with E-state index in [2.05, 4.69) is 45.6 Å². The minimum atomic E-state index is 0.560. The summed E-state index contributed by atoms with van der Waals surface area (Å²) in [5, 5.41) is 4.55. The van der Waals surface area contributed by atoms with E-state index in [-0.39, 0.29) is 0 Å². The number of aromatic nitrogens is 2. The summed E-state index contributed by atoms with van der Waals surface area (Å²) in [7, 11) is 0. The lowest BCUT2D eigenvalue weighted by Gasteiger charge is -2.10. The fourth-order valence-corrected chi connectivity index (χ4v) is 3.44. The molecule has 0 bridgehead atoms. The average molecular weight is 391 g/mol. The number of rotatable bonds is 6. The molecule has 0 aliphatic heterocycles. The van der Waals surface area contributed by atoms with Crippen molar-refractivity contribution >= 4 is 22.4 Å². The van der Waals surface area contributed by atoms with E-state index in [0.29, 0.717) is 6.61 Å². The molecule has 0 aliphatic rings. The van der Waals surface area contributed by atoms with Gasteiger partial charge in [0, 0.05) is 23.0 Å². The Kier molecular flexibility index (Phi) is 4.88. The third-order valence-corrected chi connectivity index (χ3v) is 5.00. The molecular weight excluding hydrogens is 370 g/mol. The molecule has 2 N–H and O–H groups in total. The number of H-pyrrole nitrogens is 1. The maximum absolute atomic E-state index is 5.88. The number of pyridine rings is 1. The van der Waals surface area contributed by atoms with Gasteiger partial charge in [-0.25, -0.2) is 4.98 Å². The predicted octanol–water partition coefficient (Wildman–Crippen LogP) is 6.55. The number of nitrogens with zero attached hydrogens (tertiary/aromatic N) is 1. The van der Waals surface area contributed by atoms with Gasteiger partial charge in [0.2, 0.25) is 0 Å². The van der Waals surface area contributed by atoms with Crippen LogP contribution < -0.4 is 10.1 Å². The predicted molar refractivity (Wildman–Crippen MR) is 122 cm³/mol. The molecule has 0 aliphatic carbocycles. The van der Waals surface area contributed by atoms with Crippen LogP contribution >= 0.6 is 0 Å². The van der Waals surface area contributed by atoms with E-state index in [1.54, 1.807) is 0 Å². The van der Waals surface area contributed by atoms with Gasteiger partial charge in [-0.05, 0) is 47.5 Å². The van der Waals surface area contributed by atoms with Crippen LogP contribution in [0.1, 0.15) is 5.56 Å². The number of hydrogen-bond donors (Lipinski definition) is 2. The Morgan fingerprint density at radius 3 is 2.30 bits per heavy atom. The van der Waals surface area contributed by atoms with Crippen molar-refractivity contribution in [3.63, 3.8) is 0 Å². The molecule has 0 fully saturated rings. The van der Waals surface area contributed by atoms with Crippen molar-refractivity contribution in [1.82, 2.24) is 9.97 Å².